The van der Waals surface area contributed by atoms with Crippen LogP contribution in [0, 0.1) is 10.1 Å². The van der Waals surface area contributed by atoms with Crippen molar-refractivity contribution in [3.05, 3.63) is 70.5 Å². The Balaban J connectivity index is 1.80. The highest BCUT2D eigenvalue weighted by molar-refractivity contribution is 5.63. The largest absolute Gasteiger partial charge is 0.366 e. The number of hydrogen-bond acceptors (Lipinski definition) is 7. The highest BCUT2D eigenvalue weighted by Gasteiger charge is 2.08. The molecule has 0 saturated heterocycles. The number of benzene rings is 1. The van der Waals surface area contributed by atoms with E-state index in [2.05, 4.69) is 25.6 Å². The standard InChI is InChI=1S/C18H18N6O2/c1-2-20-18-22-16(14-4-3-9-19-12-14)10-17(23-18)21-11-13-5-7-15(8-6-13)24(25)26/h3-10,12H,2,11H2,1H3,(H2,20,21,22,23). The summed E-state index contributed by atoms with van der Waals surface area (Å²) < 4.78 is 0. The molecule has 0 saturated carbocycles. The first-order chi connectivity index (χ1) is 12.7. The first-order valence-electron chi connectivity index (χ1n) is 8.16. The zero-order valence-electron chi connectivity index (χ0n) is 14.2. The van der Waals surface area contributed by atoms with Crippen molar-refractivity contribution in [1.82, 2.24) is 15.0 Å². The van der Waals surface area contributed by atoms with Gasteiger partial charge in [-0.05, 0) is 24.6 Å². The third-order valence-corrected chi connectivity index (χ3v) is 3.64. The van der Waals surface area contributed by atoms with E-state index in [1.165, 1.54) is 12.1 Å². The average Bonchev–Trinajstić information content (AvgIpc) is 2.67. The molecule has 26 heavy (non-hydrogen) atoms. The summed E-state index contributed by atoms with van der Waals surface area (Å²) in [4.78, 5) is 23.4. The van der Waals surface area contributed by atoms with Crippen LogP contribution >= 0.6 is 0 Å². The molecule has 3 aromatic rings. The van der Waals surface area contributed by atoms with Crippen molar-refractivity contribution in [2.45, 2.75) is 13.5 Å². The van der Waals surface area contributed by atoms with Crippen LogP contribution in [0.15, 0.2) is 54.9 Å². The Morgan fingerprint density at radius 3 is 2.58 bits per heavy atom. The summed E-state index contributed by atoms with van der Waals surface area (Å²) in [5, 5.41) is 17.1. The number of aromatic nitrogens is 3. The van der Waals surface area contributed by atoms with Gasteiger partial charge in [-0.25, -0.2) is 4.98 Å². The molecule has 0 unspecified atom stereocenters. The fraction of sp³-hybridized carbons (Fsp3) is 0.167. The summed E-state index contributed by atoms with van der Waals surface area (Å²) in [6.45, 7) is 3.18. The lowest BCUT2D eigenvalue weighted by Gasteiger charge is -2.10. The van der Waals surface area contributed by atoms with Crippen LogP contribution in [0.25, 0.3) is 11.3 Å². The monoisotopic (exact) mass is 350 g/mol. The van der Waals surface area contributed by atoms with Gasteiger partial charge in [0, 0.05) is 49.2 Å². The van der Waals surface area contributed by atoms with Crippen LogP contribution in [0.5, 0.6) is 0 Å². The Hall–Kier alpha value is -3.55. The minimum Gasteiger partial charge on any atom is -0.366 e. The van der Waals surface area contributed by atoms with Crippen LogP contribution in [0.3, 0.4) is 0 Å². The SMILES string of the molecule is CCNc1nc(NCc2ccc([N+](=O)[O-])cc2)cc(-c2cccnc2)n1. The number of nitrogens with zero attached hydrogens (tertiary/aromatic N) is 4. The second kappa shape index (κ2) is 8.02. The van der Waals surface area contributed by atoms with E-state index in [0.717, 1.165) is 16.8 Å². The van der Waals surface area contributed by atoms with Crippen molar-refractivity contribution in [3.8, 4) is 11.3 Å². The molecule has 2 N–H and O–H groups in total. The molecule has 0 aliphatic carbocycles. The van der Waals surface area contributed by atoms with E-state index >= 15 is 0 Å². The van der Waals surface area contributed by atoms with E-state index in [0.29, 0.717) is 24.9 Å². The van der Waals surface area contributed by atoms with E-state index in [1.54, 1.807) is 24.5 Å². The number of anilines is 2. The van der Waals surface area contributed by atoms with Gasteiger partial charge in [0.15, 0.2) is 0 Å². The van der Waals surface area contributed by atoms with Gasteiger partial charge in [-0.2, -0.15) is 4.98 Å². The minimum atomic E-state index is -0.412. The van der Waals surface area contributed by atoms with Crippen LogP contribution in [0.2, 0.25) is 0 Å². The van der Waals surface area contributed by atoms with Gasteiger partial charge in [0.2, 0.25) is 5.95 Å². The molecule has 0 atom stereocenters. The normalized spacial score (nSPS) is 10.3. The molecule has 0 fully saturated rings. The molecule has 0 aliphatic rings. The number of nitrogens with one attached hydrogen (secondary N) is 2. The van der Waals surface area contributed by atoms with Crippen molar-refractivity contribution in [3.63, 3.8) is 0 Å². The van der Waals surface area contributed by atoms with Gasteiger partial charge < -0.3 is 10.6 Å². The summed E-state index contributed by atoms with van der Waals surface area (Å²) in [6.07, 6.45) is 3.46. The number of hydrogen-bond donors (Lipinski definition) is 2. The Morgan fingerprint density at radius 1 is 1.12 bits per heavy atom. The molecule has 3 rings (SSSR count). The summed E-state index contributed by atoms with van der Waals surface area (Å²) in [5.74, 6) is 1.19. The predicted octanol–water partition coefficient (Wildman–Crippen LogP) is 3.49. The maximum Gasteiger partial charge on any atom is 0.269 e. The fourth-order valence-corrected chi connectivity index (χ4v) is 2.37. The van der Waals surface area contributed by atoms with Crippen molar-refractivity contribution in [2.75, 3.05) is 17.2 Å². The molecule has 0 amide bonds. The molecule has 132 valence electrons. The summed E-state index contributed by atoms with van der Waals surface area (Å²) in [5.41, 5.74) is 2.65. The second-order valence-electron chi connectivity index (χ2n) is 5.51. The van der Waals surface area contributed by atoms with Crippen LogP contribution < -0.4 is 10.6 Å². The fourth-order valence-electron chi connectivity index (χ4n) is 2.37. The number of non-ortho nitro benzene ring substituents is 1. The molecule has 2 heterocycles. The van der Waals surface area contributed by atoms with Gasteiger partial charge >= 0.3 is 0 Å². The lowest BCUT2D eigenvalue weighted by atomic mass is 10.2. The van der Waals surface area contributed by atoms with Crippen LogP contribution in [0.1, 0.15) is 12.5 Å². The van der Waals surface area contributed by atoms with Gasteiger partial charge in [0.1, 0.15) is 5.82 Å². The first-order valence-corrected chi connectivity index (χ1v) is 8.16. The lowest BCUT2D eigenvalue weighted by Crippen LogP contribution is -2.07. The van der Waals surface area contributed by atoms with E-state index in [4.69, 9.17) is 0 Å². The Kier molecular flexibility index (Phi) is 5.33. The smallest absolute Gasteiger partial charge is 0.269 e. The third-order valence-electron chi connectivity index (χ3n) is 3.64. The van der Waals surface area contributed by atoms with Crippen LogP contribution in [0.4, 0.5) is 17.5 Å². The third kappa shape index (κ3) is 4.29. The van der Waals surface area contributed by atoms with Crippen molar-refractivity contribution >= 4 is 17.5 Å². The number of nitro groups is 1. The van der Waals surface area contributed by atoms with Gasteiger partial charge in [-0.3, -0.25) is 15.1 Å². The summed E-state index contributed by atoms with van der Waals surface area (Å²) in [6, 6.07) is 12.1. The highest BCUT2D eigenvalue weighted by Crippen LogP contribution is 2.21. The molecule has 0 bridgehead atoms. The van der Waals surface area contributed by atoms with Crippen LogP contribution in [-0.4, -0.2) is 26.4 Å². The maximum atomic E-state index is 10.7. The summed E-state index contributed by atoms with van der Waals surface area (Å²) >= 11 is 0. The molecule has 8 heteroatoms. The molecule has 0 spiro atoms. The number of nitro benzene ring substituents is 1. The molecule has 0 aliphatic heterocycles. The van der Waals surface area contributed by atoms with Crippen molar-refractivity contribution in [1.29, 1.82) is 0 Å². The zero-order chi connectivity index (χ0) is 18.4. The van der Waals surface area contributed by atoms with Crippen molar-refractivity contribution < 1.29 is 4.92 Å². The zero-order valence-corrected chi connectivity index (χ0v) is 14.2. The molecule has 8 nitrogen and oxygen atoms in total. The topological polar surface area (TPSA) is 106 Å². The van der Waals surface area contributed by atoms with Gasteiger partial charge in [0.05, 0.1) is 10.6 Å². The molecule has 1 aromatic carbocycles. The average molecular weight is 350 g/mol. The quantitative estimate of drug-likeness (QED) is 0.496. The Labute approximate surface area is 150 Å². The van der Waals surface area contributed by atoms with Crippen LogP contribution in [-0.2, 0) is 6.54 Å². The number of rotatable bonds is 7. The van der Waals surface area contributed by atoms with E-state index < -0.39 is 4.92 Å². The number of pyridine rings is 1. The maximum absolute atomic E-state index is 10.7. The van der Waals surface area contributed by atoms with Gasteiger partial charge in [-0.1, -0.05) is 12.1 Å². The molecule has 0 radical (unpaired) electrons. The Morgan fingerprint density at radius 2 is 1.92 bits per heavy atom. The Bertz CT molecular complexity index is 884. The lowest BCUT2D eigenvalue weighted by molar-refractivity contribution is -0.384. The first kappa shape index (κ1) is 17.3. The molecule has 2 aromatic heterocycles. The van der Waals surface area contributed by atoms with E-state index in [-0.39, 0.29) is 5.69 Å². The predicted molar refractivity (Wildman–Crippen MR) is 99.8 cm³/mol. The molecular formula is C18H18N6O2. The van der Waals surface area contributed by atoms with E-state index in [9.17, 15) is 10.1 Å². The van der Waals surface area contributed by atoms with E-state index in [1.807, 2.05) is 25.1 Å². The van der Waals surface area contributed by atoms with Crippen molar-refractivity contribution in [2.24, 2.45) is 0 Å². The summed E-state index contributed by atoms with van der Waals surface area (Å²) in [7, 11) is 0. The molecular weight excluding hydrogens is 332 g/mol. The van der Waals surface area contributed by atoms with Gasteiger partial charge in [-0.15, -0.1) is 0 Å². The van der Waals surface area contributed by atoms with Gasteiger partial charge in [0.25, 0.3) is 5.69 Å². The minimum absolute atomic E-state index is 0.0732. The second-order valence-corrected chi connectivity index (χ2v) is 5.51. The highest BCUT2D eigenvalue weighted by atomic mass is 16.6.